The zero-order chi connectivity index (χ0) is 20.4. The molecule has 0 unspecified atom stereocenters. The van der Waals surface area contributed by atoms with Crippen LogP contribution < -0.4 is 9.64 Å². The normalized spacial score (nSPS) is 14.1. The minimum atomic E-state index is -1.17. The Morgan fingerprint density at radius 1 is 1.07 bits per heavy atom. The van der Waals surface area contributed by atoms with Gasteiger partial charge in [-0.1, -0.05) is 18.2 Å². The molecule has 0 saturated carbocycles. The first-order valence-corrected chi connectivity index (χ1v) is 8.44. The van der Waals surface area contributed by atoms with Crippen molar-refractivity contribution in [1.29, 1.82) is 0 Å². The summed E-state index contributed by atoms with van der Waals surface area (Å²) >= 11 is 0. The number of nitrogens with zero attached hydrogens (tertiary/aromatic N) is 2. The highest BCUT2D eigenvalue weighted by Gasteiger charge is 2.42. The van der Waals surface area contributed by atoms with Crippen molar-refractivity contribution in [3.8, 4) is 5.75 Å². The average molecular weight is 388 g/mol. The molecule has 2 aromatic carbocycles. The SMILES string of the molecule is COc1ccccc1C1=C(N(C)CCO)C(=O)N(c2ccc(F)c(F)c2)C1=O. The van der Waals surface area contributed by atoms with E-state index < -0.39 is 23.4 Å². The van der Waals surface area contributed by atoms with E-state index in [0.717, 1.165) is 23.1 Å². The first-order valence-electron chi connectivity index (χ1n) is 8.44. The highest BCUT2D eigenvalue weighted by molar-refractivity contribution is 6.45. The summed E-state index contributed by atoms with van der Waals surface area (Å²) < 4.78 is 32.3. The maximum atomic E-state index is 13.7. The molecule has 0 fully saturated rings. The molecule has 0 radical (unpaired) electrons. The van der Waals surface area contributed by atoms with Crippen LogP contribution in [0.1, 0.15) is 5.56 Å². The number of likely N-dealkylation sites (N-methyl/N-ethyl adjacent to an activating group) is 1. The number of anilines is 1. The predicted molar refractivity (Wildman–Crippen MR) is 98.5 cm³/mol. The van der Waals surface area contributed by atoms with E-state index in [0.29, 0.717) is 11.3 Å². The Morgan fingerprint density at radius 2 is 1.79 bits per heavy atom. The summed E-state index contributed by atoms with van der Waals surface area (Å²) in [5.74, 6) is -3.28. The molecule has 1 aliphatic heterocycles. The van der Waals surface area contributed by atoms with Crippen LogP contribution in [0.25, 0.3) is 5.57 Å². The van der Waals surface area contributed by atoms with Crippen molar-refractivity contribution < 1.29 is 28.2 Å². The van der Waals surface area contributed by atoms with Gasteiger partial charge in [0.15, 0.2) is 11.6 Å². The van der Waals surface area contributed by atoms with Gasteiger partial charge in [-0.15, -0.1) is 0 Å². The number of imide groups is 1. The molecule has 1 heterocycles. The van der Waals surface area contributed by atoms with Crippen LogP contribution in [0.3, 0.4) is 0 Å². The number of para-hydroxylation sites is 1. The molecule has 0 atom stereocenters. The molecule has 2 aromatic rings. The fraction of sp³-hybridized carbons (Fsp3) is 0.200. The predicted octanol–water partition coefficient (Wildman–Crippen LogP) is 2.18. The number of methoxy groups -OCH3 is 1. The summed E-state index contributed by atoms with van der Waals surface area (Å²) in [6.45, 7) is -0.148. The van der Waals surface area contributed by atoms with Gasteiger partial charge in [-0.3, -0.25) is 9.59 Å². The molecular weight excluding hydrogens is 370 g/mol. The maximum absolute atomic E-state index is 13.7. The van der Waals surface area contributed by atoms with Crippen molar-refractivity contribution in [2.75, 3.05) is 32.2 Å². The first-order chi connectivity index (χ1) is 13.4. The Labute approximate surface area is 160 Å². The lowest BCUT2D eigenvalue weighted by molar-refractivity contribution is -0.120. The lowest BCUT2D eigenvalue weighted by atomic mass is 10.0. The van der Waals surface area contributed by atoms with Crippen molar-refractivity contribution in [2.24, 2.45) is 0 Å². The van der Waals surface area contributed by atoms with E-state index in [2.05, 4.69) is 0 Å². The van der Waals surface area contributed by atoms with Gasteiger partial charge in [-0.25, -0.2) is 13.7 Å². The van der Waals surface area contributed by atoms with Crippen LogP contribution in [0, 0.1) is 11.6 Å². The molecular formula is C20H18F2N2O4. The molecule has 28 heavy (non-hydrogen) atoms. The Balaban J connectivity index is 2.18. The second kappa shape index (κ2) is 7.77. The summed E-state index contributed by atoms with van der Waals surface area (Å²) in [6, 6.07) is 9.47. The van der Waals surface area contributed by atoms with Crippen LogP contribution >= 0.6 is 0 Å². The molecule has 0 aliphatic carbocycles. The van der Waals surface area contributed by atoms with Crippen LogP contribution in [0.5, 0.6) is 5.75 Å². The molecule has 0 aromatic heterocycles. The number of benzene rings is 2. The van der Waals surface area contributed by atoms with Gasteiger partial charge in [0.1, 0.15) is 11.4 Å². The minimum absolute atomic E-state index is 0.0354. The average Bonchev–Trinajstić information content (AvgIpc) is 2.94. The van der Waals surface area contributed by atoms with Gasteiger partial charge in [0, 0.05) is 25.2 Å². The van der Waals surface area contributed by atoms with Crippen LogP contribution in [-0.4, -0.2) is 49.1 Å². The molecule has 8 heteroatoms. The molecule has 2 amide bonds. The summed E-state index contributed by atoms with van der Waals surface area (Å²) in [7, 11) is 2.99. The summed E-state index contributed by atoms with van der Waals surface area (Å²) in [6.07, 6.45) is 0. The highest BCUT2D eigenvalue weighted by atomic mass is 19.2. The largest absolute Gasteiger partial charge is 0.496 e. The number of carbonyl (C=O) groups excluding carboxylic acids is 2. The molecule has 6 nitrogen and oxygen atoms in total. The smallest absolute Gasteiger partial charge is 0.282 e. The second-order valence-corrected chi connectivity index (χ2v) is 6.11. The van der Waals surface area contributed by atoms with Crippen LogP contribution in [0.2, 0.25) is 0 Å². The highest BCUT2D eigenvalue weighted by Crippen LogP contribution is 2.38. The Morgan fingerprint density at radius 3 is 2.43 bits per heavy atom. The number of hydrogen-bond acceptors (Lipinski definition) is 5. The van der Waals surface area contributed by atoms with Crippen molar-refractivity contribution in [2.45, 2.75) is 0 Å². The number of aliphatic hydroxyl groups is 1. The Kier molecular flexibility index (Phi) is 5.41. The third kappa shape index (κ3) is 3.22. The van der Waals surface area contributed by atoms with Gasteiger partial charge in [-0.05, 0) is 18.2 Å². The summed E-state index contributed by atoms with van der Waals surface area (Å²) in [5.41, 5.74) is 0.387. The van der Waals surface area contributed by atoms with E-state index in [1.807, 2.05) is 0 Å². The minimum Gasteiger partial charge on any atom is -0.496 e. The molecule has 1 aliphatic rings. The van der Waals surface area contributed by atoms with E-state index in [1.165, 1.54) is 12.0 Å². The molecule has 0 saturated heterocycles. The lowest BCUT2D eigenvalue weighted by Gasteiger charge is -2.20. The van der Waals surface area contributed by atoms with Gasteiger partial charge in [0.2, 0.25) is 0 Å². The number of hydrogen-bond donors (Lipinski definition) is 1. The van der Waals surface area contributed by atoms with Crippen molar-refractivity contribution in [3.63, 3.8) is 0 Å². The van der Waals surface area contributed by atoms with E-state index in [-0.39, 0.29) is 30.1 Å². The maximum Gasteiger partial charge on any atom is 0.282 e. The Bertz CT molecular complexity index is 974. The van der Waals surface area contributed by atoms with Crippen LogP contribution in [0.15, 0.2) is 48.2 Å². The first kappa shape index (κ1) is 19.5. The fourth-order valence-corrected chi connectivity index (χ4v) is 3.09. The zero-order valence-electron chi connectivity index (χ0n) is 15.3. The van der Waals surface area contributed by atoms with Crippen molar-refractivity contribution >= 4 is 23.1 Å². The molecule has 1 N–H and O–H groups in total. The van der Waals surface area contributed by atoms with E-state index in [1.54, 1.807) is 31.3 Å². The monoisotopic (exact) mass is 388 g/mol. The van der Waals surface area contributed by atoms with Gasteiger partial charge >= 0.3 is 0 Å². The number of rotatable bonds is 6. The molecule has 3 rings (SSSR count). The van der Waals surface area contributed by atoms with E-state index in [9.17, 15) is 23.5 Å². The third-order valence-electron chi connectivity index (χ3n) is 4.41. The van der Waals surface area contributed by atoms with Crippen LogP contribution in [-0.2, 0) is 9.59 Å². The van der Waals surface area contributed by atoms with Crippen LogP contribution in [0.4, 0.5) is 14.5 Å². The van der Waals surface area contributed by atoms with Gasteiger partial charge < -0.3 is 14.7 Å². The molecule has 0 bridgehead atoms. The second-order valence-electron chi connectivity index (χ2n) is 6.11. The Hall–Kier alpha value is -3.26. The van der Waals surface area contributed by atoms with Crippen molar-refractivity contribution in [3.05, 3.63) is 65.4 Å². The van der Waals surface area contributed by atoms with Crippen molar-refractivity contribution in [1.82, 2.24) is 4.90 Å². The van der Waals surface area contributed by atoms with Gasteiger partial charge in [-0.2, -0.15) is 0 Å². The van der Waals surface area contributed by atoms with Gasteiger partial charge in [0.05, 0.1) is 25.0 Å². The lowest BCUT2D eigenvalue weighted by Crippen LogP contribution is -2.35. The van der Waals surface area contributed by atoms with E-state index >= 15 is 0 Å². The summed E-state index contributed by atoms with van der Waals surface area (Å²) in [5, 5.41) is 9.27. The standard InChI is InChI=1S/C20H18F2N2O4/c1-23(9-10-25)18-17(13-5-3-4-6-16(13)28-2)19(26)24(20(18)27)12-7-8-14(21)15(22)11-12/h3-8,11,25H,9-10H2,1-2H3. The number of ether oxygens (including phenoxy) is 1. The van der Waals surface area contributed by atoms with Gasteiger partial charge in [0.25, 0.3) is 11.8 Å². The number of aliphatic hydroxyl groups excluding tert-OH is 1. The number of amides is 2. The fourth-order valence-electron chi connectivity index (χ4n) is 3.09. The topological polar surface area (TPSA) is 70.1 Å². The molecule has 146 valence electrons. The molecule has 0 spiro atoms. The third-order valence-corrected chi connectivity index (χ3v) is 4.41. The van der Waals surface area contributed by atoms with E-state index in [4.69, 9.17) is 4.74 Å². The number of halogens is 2. The summed E-state index contributed by atoms with van der Waals surface area (Å²) in [4.78, 5) is 28.5. The number of carbonyl (C=O) groups is 2. The zero-order valence-corrected chi connectivity index (χ0v) is 15.3. The quantitative estimate of drug-likeness (QED) is 0.769.